The van der Waals surface area contributed by atoms with Crippen molar-refractivity contribution in [2.24, 2.45) is 10.7 Å². The fourth-order valence-corrected chi connectivity index (χ4v) is 3.06. The predicted octanol–water partition coefficient (Wildman–Crippen LogP) is 4.47. The van der Waals surface area contributed by atoms with Gasteiger partial charge in [-0.05, 0) is 36.2 Å². The molecule has 0 fully saturated rings. The highest BCUT2D eigenvalue weighted by Gasteiger charge is 2.18. The third-order valence-corrected chi connectivity index (χ3v) is 4.38. The van der Waals surface area contributed by atoms with Gasteiger partial charge in [0.2, 0.25) is 0 Å². The van der Waals surface area contributed by atoms with Gasteiger partial charge >= 0.3 is 0 Å². The molecule has 3 aromatic rings. The number of hydrogen-bond donors (Lipinski definition) is 2. The normalized spacial score (nSPS) is 11.2. The maximum atomic E-state index is 11.9. The molecule has 132 valence electrons. The number of nitrogens with one attached hydrogen (secondary N) is 1. The Morgan fingerprint density at radius 1 is 1.27 bits per heavy atom. The fraction of sp³-hybridized carbons (Fsp3) is 0.105. The lowest BCUT2D eigenvalue weighted by atomic mass is 10.1. The zero-order valence-corrected chi connectivity index (χ0v) is 15.5. The van der Waals surface area contributed by atoms with E-state index in [2.05, 4.69) is 15.2 Å². The van der Waals surface area contributed by atoms with E-state index in [0.717, 1.165) is 16.7 Å². The molecule has 1 heterocycles. The molecule has 0 saturated carbocycles. The van der Waals surface area contributed by atoms with Crippen LogP contribution in [0, 0.1) is 6.92 Å². The van der Waals surface area contributed by atoms with E-state index >= 15 is 0 Å². The fourth-order valence-electron chi connectivity index (χ4n) is 2.57. The minimum Gasteiger partial charge on any atom is -0.365 e. The molecule has 0 saturated heterocycles. The lowest BCUT2D eigenvalue weighted by Crippen LogP contribution is -2.13. The number of carbonyl (C=O) groups excluding carboxylic acids is 1. The second-order valence-electron chi connectivity index (χ2n) is 5.85. The summed E-state index contributed by atoms with van der Waals surface area (Å²) >= 11 is 12.2. The number of primary amides is 1. The van der Waals surface area contributed by atoms with E-state index in [4.69, 9.17) is 28.9 Å². The molecule has 0 atom stereocenters. The van der Waals surface area contributed by atoms with E-state index in [1.807, 2.05) is 43.3 Å². The minimum atomic E-state index is -0.599. The van der Waals surface area contributed by atoms with Crippen molar-refractivity contribution in [1.82, 2.24) is 10.2 Å². The molecule has 0 aliphatic rings. The molecule has 5 nitrogen and oxygen atoms in total. The Morgan fingerprint density at radius 2 is 2.08 bits per heavy atom. The molecule has 0 aliphatic carbocycles. The van der Waals surface area contributed by atoms with Crippen molar-refractivity contribution in [1.29, 1.82) is 0 Å². The van der Waals surface area contributed by atoms with Gasteiger partial charge in [0.25, 0.3) is 5.91 Å². The number of aromatic amines is 1. The summed E-state index contributed by atoms with van der Waals surface area (Å²) in [6.45, 7) is 1.95. The van der Waals surface area contributed by atoms with Crippen LogP contribution in [0.2, 0.25) is 10.0 Å². The van der Waals surface area contributed by atoms with Crippen LogP contribution in [-0.4, -0.2) is 22.3 Å². The second kappa shape index (κ2) is 7.72. The van der Waals surface area contributed by atoms with Crippen LogP contribution < -0.4 is 5.73 Å². The van der Waals surface area contributed by atoms with Gasteiger partial charge < -0.3 is 5.73 Å². The number of nitrogens with zero attached hydrogens (tertiary/aromatic N) is 2. The number of aromatic nitrogens is 2. The highest BCUT2D eigenvalue weighted by Crippen LogP contribution is 2.23. The molecule has 0 spiro atoms. The third-order valence-electron chi connectivity index (χ3n) is 3.82. The van der Waals surface area contributed by atoms with E-state index in [-0.39, 0.29) is 11.4 Å². The predicted molar refractivity (Wildman–Crippen MR) is 105 cm³/mol. The highest BCUT2D eigenvalue weighted by atomic mass is 35.5. The molecule has 7 heteroatoms. The summed E-state index contributed by atoms with van der Waals surface area (Å²) in [5.74, 6) is -0.371. The molecule has 0 unspecified atom stereocenters. The quantitative estimate of drug-likeness (QED) is 0.634. The molecule has 2 aromatic carbocycles. The summed E-state index contributed by atoms with van der Waals surface area (Å²) in [6, 6.07) is 13.0. The first kappa shape index (κ1) is 18.2. The van der Waals surface area contributed by atoms with E-state index in [9.17, 15) is 4.79 Å². The standard InChI is InChI=1S/C19H16Cl2N4O/c1-11-5-6-13(15(21)7-11)10-23-19-17(18(22)26)16(24-25-19)9-12-3-2-4-14(20)8-12/h2-8,10H,9H2,1H3,(H2,22,26)(H,24,25). The first-order valence-electron chi connectivity index (χ1n) is 7.85. The first-order valence-corrected chi connectivity index (χ1v) is 8.61. The Labute approximate surface area is 160 Å². The molecule has 0 bridgehead atoms. The van der Waals surface area contributed by atoms with Crippen LogP contribution in [0.3, 0.4) is 0 Å². The van der Waals surface area contributed by atoms with Crippen molar-refractivity contribution in [3.63, 3.8) is 0 Å². The van der Waals surface area contributed by atoms with E-state index in [1.54, 1.807) is 12.3 Å². The van der Waals surface area contributed by atoms with Gasteiger partial charge in [0.15, 0.2) is 5.82 Å². The monoisotopic (exact) mass is 386 g/mol. The number of aliphatic imine (C=N–C) groups is 1. The Hall–Kier alpha value is -2.63. The largest absolute Gasteiger partial charge is 0.365 e. The Bertz CT molecular complexity index is 995. The van der Waals surface area contributed by atoms with Gasteiger partial charge in [-0.1, -0.05) is 47.5 Å². The zero-order chi connectivity index (χ0) is 18.7. The number of carbonyl (C=O) groups is 1. The van der Waals surface area contributed by atoms with Crippen LogP contribution >= 0.6 is 23.2 Å². The van der Waals surface area contributed by atoms with Crippen LogP contribution in [0.4, 0.5) is 5.82 Å². The van der Waals surface area contributed by atoms with Crippen molar-refractivity contribution in [2.45, 2.75) is 13.3 Å². The van der Waals surface area contributed by atoms with Gasteiger partial charge in [-0.25, -0.2) is 4.99 Å². The van der Waals surface area contributed by atoms with Crippen LogP contribution in [0.25, 0.3) is 0 Å². The summed E-state index contributed by atoms with van der Waals surface area (Å²) in [6.07, 6.45) is 2.00. The average molecular weight is 387 g/mol. The number of amides is 1. The molecule has 1 amide bonds. The summed E-state index contributed by atoms with van der Waals surface area (Å²) < 4.78 is 0. The third kappa shape index (κ3) is 4.12. The smallest absolute Gasteiger partial charge is 0.254 e. The maximum absolute atomic E-state index is 11.9. The lowest BCUT2D eigenvalue weighted by Gasteiger charge is -2.02. The van der Waals surface area contributed by atoms with Crippen molar-refractivity contribution < 1.29 is 4.79 Å². The van der Waals surface area contributed by atoms with Gasteiger partial charge in [-0.3, -0.25) is 9.89 Å². The van der Waals surface area contributed by atoms with Crippen LogP contribution in [0.5, 0.6) is 0 Å². The minimum absolute atomic E-state index is 0.228. The van der Waals surface area contributed by atoms with Crippen molar-refractivity contribution in [3.05, 3.63) is 80.5 Å². The molecule has 3 N–H and O–H groups in total. The highest BCUT2D eigenvalue weighted by molar-refractivity contribution is 6.33. The molecule has 1 aromatic heterocycles. The Morgan fingerprint density at radius 3 is 2.77 bits per heavy atom. The molecule has 0 aliphatic heterocycles. The number of rotatable bonds is 5. The summed E-state index contributed by atoms with van der Waals surface area (Å²) in [7, 11) is 0. The van der Waals surface area contributed by atoms with Gasteiger partial charge in [0, 0.05) is 28.2 Å². The second-order valence-corrected chi connectivity index (χ2v) is 6.70. The number of halogens is 2. The summed E-state index contributed by atoms with van der Waals surface area (Å²) in [5, 5.41) is 8.15. The molecule has 0 radical (unpaired) electrons. The van der Waals surface area contributed by atoms with Gasteiger partial charge in [0.1, 0.15) is 5.56 Å². The van der Waals surface area contributed by atoms with E-state index < -0.39 is 5.91 Å². The number of aryl methyl sites for hydroxylation is 1. The molecular weight excluding hydrogens is 371 g/mol. The number of hydrogen-bond acceptors (Lipinski definition) is 3. The number of benzene rings is 2. The van der Waals surface area contributed by atoms with Crippen LogP contribution in [0.15, 0.2) is 47.5 Å². The topological polar surface area (TPSA) is 84.1 Å². The Balaban J connectivity index is 1.92. The molecule has 3 rings (SSSR count). The first-order chi connectivity index (χ1) is 12.4. The van der Waals surface area contributed by atoms with Crippen LogP contribution in [0.1, 0.15) is 32.7 Å². The molecule has 26 heavy (non-hydrogen) atoms. The lowest BCUT2D eigenvalue weighted by molar-refractivity contribution is 0.100. The van der Waals surface area contributed by atoms with Crippen molar-refractivity contribution >= 4 is 41.1 Å². The average Bonchev–Trinajstić information content (AvgIpc) is 2.97. The van der Waals surface area contributed by atoms with Crippen molar-refractivity contribution in [2.75, 3.05) is 0 Å². The maximum Gasteiger partial charge on any atom is 0.254 e. The van der Waals surface area contributed by atoms with Crippen molar-refractivity contribution in [3.8, 4) is 0 Å². The van der Waals surface area contributed by atoms with Gasteiger partial charge in [-0.15, -0.1) is 0 Å². The van der Waals surface area contributed by atoms with Gasteiger partial charge in [0.05, 0.1) is 5.69 Å². The molecular formula is C19H16Cl2N4O. The van der Waals surface area contributed by atoms with Gasteiger partial charge in [-0.2, -0.15) is 5.10 Å². The van der Waals surface area contributed by atoms with E-state index in [1.165, 1.54) is 0 Å². The zero-order valence-electron chi connectivity index (χ0n) is 14.0. The Kier molecular flexibility index (Phi) is 5.40. The SMILES string of the molecule is Cc1ccc(C=Nc2n[nH]c(Cc3cccc(Cl)c3)c2C(N)=O)c(Cl)c1. The summed E-state index contributed by atoms with van der Waals surface area (Å²) in [5.41, 5.74) is 9.09. The van der Waals surface area contributed by atoms with Crippen LogP contribution in [-0.2, 0) is 6.42 Å². The number of H-pyrrole nitrogens is 1. The summed E-state index contributed by atoms with van der Waals surface area (Å²) in [4.78, 5) is 16.2. The number of nitrogens with two attached hydrogens (primary N) is 1. The van der Waals surface area contributed by atoms with E-state index in [0.29, 0.717) is 22.2 Å².